The lowest BCUT2D eigenvalue weighted by atomic mass is 9.82. The lowest BCUT2D eigenvalue weighted by molar-refractivity contribution is -0.143. The summed E-state index contributed by atoms with van der Waals surface area (Å²) in [5.74, 6) is -0.595. The Balaban J connectivity index is 2.35. The molecule has 5 nitrogen and oxygen atoms in total. The van der Waals surface area contributed by atoms with Gasteiger partial charge in [-0.25, -0.2) is 0 Å². The van der Waals surface area contributed by atoms with E-state index in [0.29, 0.717) is 38.1 Å². The second kappa shape index (κ2) is 6.89. The van der Waals surface area contributed by atoms with Crippen LogP contribution >= 0.6 is 0 Å². The Morgan fingerprint density at radius 2 is 1.74 bits per heavy atom. The van der Waals surface area contributed by atoms with Gasteiger partial charge in [-0.3, -0.25) is 9.59 Å². The summed E-state index contributed by atoms with van der Waals surface area (Å²) in [6.07, 6.45) is 4.42. The van der Waals surface area contributed by atoms with E-state index in [4.69, 9.17) is 10.8 Å². The van der Waals surface area contributed by atoms with Crippen LogP contribution in [-0.4, -0.2) is 29.1 Å². The van der Waals surface area contributed by atoms with E-state index in [-0.39, 0.29) is 11.8 Å². The summed E-state index contributed by atoms with van der Waals surface area (Å²) in [5.41, 5.74) is 5.26. The minimum atomic E-state index is -0.766. The quantitative estimate of drug-likeness (QED) is 0.682. The molecule has 1 saturated carbocycles. The number of rotatable bonds is 6. The Labute approximate surface area is 114 Å². The molecule has 0 bridgehead atoms. The predicted octanol–water partition coefficient (Wildman–Crippen LogP) is 1.51. The van der Waals surface area contributed by atoms with Crippen LogP contribution in [0.1, 0.15) is 52.4 Å². The molecule has 110 valence electrons. The van der Waals surface area contributed by atoms with E-state index in [0.717, 1.165) is 12.8 Å². The van der Waals surface area contributed by atoms with E-state index in [2.05, 4.69) is 5.32 Å². The minimum Gasteiger partial charge on any atom is -0.481 e. The molecule has 1 rings (SSSR count). The van der Waals surface area contributed by atoms with Crippen molar-refractivity contribution >= 4 is 11.9 Å². The molecule has 4 N–H and O–H groups in total. The molecular formula is C14H26N2O3. The van der Waals surface area contributed by atoms with Gasteiger partial charge in [0.15, 0.2) is 0 Å². The molecule has 0 aromatic rings. The fraction of sp³-hybridized carbons (Fsp3) is 0.857. The zero-order valence-electron chi connectivity index (χ0n) is 11.9. The van der Waals surface area contributed by atoms with Crippen LogP contribution in [0.4, 0.5) is 0 Å². The van der Waals surface area contributed by atoms with Gasteiger partial charge in [-0.15, -0.1) is 0 Å². The first-order valence-corrected chi connectivity index (χ1v) is 7.23. The largest absolute Gasteiger partial charge is 0.481 e. The van der Waals surface area contributed by atoms with Crippen molar-refractivity contribution in [3.8, 4) is 0 Å². The molecule has 0 aromatic heterocycles. The van der Waals surface area contributed by atoms with Gasteiger partial charge in [0.25, 0.3) is 0 Å². The Hall–Kier alpha value is -1.10. The summed E-state index contributed by atoms with van der Waals surface area (Å²) in [5, 5.41) is 11.9. The van der Waals surface area contributed by atoms with Gasteiger partial charge in [0, 0.05) is 6.54 Å². The minimum absolute atomic E-state index is 0.0853. The van der Waals surface area contributed by atoms with E-state index >= 15 is 0 Å². The highest BCUT2D eigenvalue weighted by atomic mass is 16.4. The van der Waals surface area contributed by atoms with Crippen LogP contribution in [0.15, 0.2) is 0 Å². The molecule has 1 aliphatic carbocycles. The average molecular weight is 270 g/mol. The second-order valence-corrected chi connectivity index (χ2v) is 5.63. The lowest BCUT2D eigenvalue weighted by Crippen LogP contribution is -2.54. The van der Waals surface area contributed by atoms with Crippen molar-refractivity contribution in [1.29, 1.82) is 0 Å². The number of carbonyl (C=O) groups excluding carboxylic acids is 1. The monoisotopic (exact) mass is 270 g/mol. The van der Waals surface area contributed by atoms with E-state index in [1.165, 1.54) is 0 Å². The topological polar surface area (TPSA) is 92.4 Å². The number of carbonyl (C=O) groups is 2. The first-order valence-electron chi connectivity index (χ1n) is 7.23. The van der Waals surface area contributed by atoms with E-state index in [9.17, 15) is 9.59 Å². The Bertz CT molecular complexity index is 319. The third kappa shape index (κ3) is 4.20. The van der Waals surface area contributed by atoms with Crippen molar-refractivity contribution in [3.63, 3.8) is 0 Å². The number of hydrogen-bond donors (Lipinski definition) is 3. The zero-order valence-corrected chi connectivity index (χ0v) is 11.9. The maximum Gasteiger partial charge on any atom is 0.306 e. The number of aliphatic carboxylic acids is 1. The van der Waals surface area contributed by atoms with Gasteiger partial charge in [0.05, 0.1) is 11.5 Å². The highest BCUT2D eigenvalue weighted by Gasteiger charge is 2.31. The van der Waals surface area contributed by atoms with E-state index in [1.54, 1.807) is 0 Å². The molecule has 0 aromatic carbocycles. The lowest BCUT2D eigenvalue weighted by Gasteiger charge is -2.29. The summed E-state index contributed by atoms with van der Waals surface area (Å²) in [4.78, 5) is 22.9. The summed E-state index contributed by atoms with van der Waals surface area (Å²) in [6.45, 7) is 4.45. The van der Waals surface area contributed by atoms with Gasteiger partial charge < -0.3 is 16.2 Å². The molecule has 0 saturated heterocycles. The number of nitrogens with two attached hydrogens (primary N) is 1. The molecule has 0 atom stereocenters. The fourth-order valence-electron chi connectivity index (χ4n) is 2.60. The third-order valence-corrected chi connectivity index (χ3v) is 4.46. The Morgan fingerprint density at radius 1 is 1.21 bits per heavy atom. The summed E-state index contributed by atoms with van der Waals surface area (Å²) < 4.78 is 0. The number of carboxylic acid groups (broad SMARTS) is 1. The molecule has 1 aliphatic rings. The smallest absolute Gasteiger partial charge is 0.306 e. The van der Waals surface area contributed by atoms with Crippen LogP contribution in [0.25, 0.3) is 0 Å². The maximum absolute atomic E-state index is 12.0. The standard InChI is InChI=1S/C14H26N2O3/c1-3-14(15,4-2)13(19)16-9-10-5-7-11(8-6-10)12(17)18/h10-11H,3-9,15H2,1-2H3,(H,16,19)(H,17,18). The Morgan fingerprint density at radius 3 is 2.16 bits per heavy atom. The third-order valence-electron chi connectivity index (χ3n) is 4.46. The molecule has 1 amide bonds. The van der Waals surface area contributed by atoms with Gasteiger partial charge in [-0.1, -0.05) is 13.8 Å². The predicted molar refractivity (Wildman–Crippen MR) is 73.6 cm³/mol. The van der Waals surface area contributed by atoms with Gasteiger partial charge in [0.2, 0.25) is 5.91 Å². The summed E-state index contributed by atoms with van der Waals surface area (Å²) in [6, 6.07) is 0. The summed E-state index contributed by atoms with van der Waals surface area (Å²) in [7, 11) is 0. The van der Waals surface area contributed by atoms with Crippen molar-refractivity contribution in [1.82, 2.24) is 5.32 Å². The summed E-state index contributed by atoms with van der Waals surface area (Å²) >= 11 is 0. The Kier molecular flexibility index (Phi) is 5.79. The van der Waals surface area contributed by atoms with Gasteiger partial charge in [-0.2, -0.15) is 0 Å². The van der Waals surface area contributed by atoms with Gasteiger partial charge in [-0.05, 0) is 44.4 Å². The second-order valence-electron chi connectivity index (χ2n) is 5.63. The van der Waals surface area contributed by atoms with Crippen molar-refractivity contribution < 1.29 is 14.7 Å². The highest BCUT2D eigenvalue weighted by Crippen LogP contribution is 2.28. The van der Waals surface area contributed by atoms with Crippen LogP contribution in [0.2, 0.25) is 0 Å². The van der Waals surface area contributed by atoms with Crippen molar-refractivity contribution in [3.05, 3.63) is 0 Å². The molecule has 0 spiro atoms. The molecule has 19 heavy (non-hydrogen) atoms. The van der Waals surface area contributed by atoms with Crippen LogP contribution in [0, 0.1) is 11.8 Å². The van der Waals surface area contributed by atoms with Crippen LogP contribution < -0.4 is 11.1 Å². The van der Waals surface area contributed by atoms with Crippen molar-refractivity contribution in [2.24, 2.45) is 17.6 Å². The molecule has 5 heteroatoms. The SMILES string of the molecule is CCC(N)(CC)C(=O)NCC1CCC(C(=O)O)CC1. The van der Waals surface area contributed by atoms with Gasteiger partial charge >= 0.3 is 5.97 Å². The molecule has 0 unspecified atom stereocenters. The molecule has 0 aliphatic heterocycles. The maximum atomic E-state index is 12.0. The number of hydrogen-bond acceptors (Lipinski definition) is 3. The van der Waals surface area contributed by atoms with Gasteiger partial charge in [0.1, 0.15) is 0 Å². The number of amides is 1. The zero-order chi connectivity index (χ0) is 14.5. The average Bonchev–Trinajstić information content (AvgIpc) is 2.44. The van der Waals surface area contributed by atoms with Crippen molar-refractivity contribution in [2.45, 2.75) is 57.9 Å². The van der Waals surface area contributed by atoms with Crippen molar-refractivity contribution in [2.75, 3.05) is 6.54 Å². The first-order chi connectivity index (χ1) is 8.92. The number of carboxylic acids is 1. The fourth-order valence-corrected chi connectivity index (χ4v) is 2.60. The van der Waals surface area contributed by atoms with Crippen LogP contribution in [-0.2, 0) is 9.59 Å². The van der Waals surface area contributed by atoms with Crippen LogP contribution in [0.5, 0.6) is 0 Å². The van der Waals surface area contributed by atoms with E-state index in [1.807, 2.05) is 13.8 Å². The molecule has 0 heterocycles. The first kappa shape index (κ1) is 16.0. The van der Waals surface area contributed by atoms with E-state index < -0.39 is 11.5 Å². The number of nitrogens with one attached hydrogen (secondary N) is 1. The highest BCUT2D eigenvalue weighted by molar-refractivity contribution is 5.85. The molecular weight excluding hydrogens is 244 g/mol. The normalized spacial score (nSPS) is 23.9. The van der Waals surface area contributed by atoms with Crippen LogP contribution in [0.3, 0.4) is 0 Å². The molecule has 0 radical (unpaired) electrons. The molecule has 1 fully saturated rings.